The summed E-state index contributed by atoms with van der Waals surface area (Å²) in [6, 6.07) is 6.74. The molecule has 1 fully saturated rings. The number of aromatic hydroxyl groups is 1. The molecule has 0 aliphatic carbocycles. The number of halogens is 5. The number of ether oxygens (including phenoxy) is 1. The molecule has 2 heterocycles. The normalized spacial score (nSPS) is 16.8. The topological polar surface area (TPSA) is 44.7 Å². The van der Waals surface area contributed by atoms with E-state index in [1.54, 1.807) is 6.07 Å². The third kappa shape index (κ3) is 5.17. The fraction of sp³-hybridized carbons (Fsp3) is 0.375. The van der Waals surface area contributed by atoms with Gasteiger partial charge in [0.1, 0.15) is 11.5 Å². The molecule has 1 aliphatic rings. The van der Waals surface area contributed by atoms with E-state index >= 15 is 0 Å². The van der Waals surface area contributed by atoms with E-state index in [0.717, 1.165) is 24.0 Å². The lowest BCUT2D eigenvalue weighted by Crippen LogP contribution is -2.45. The number of piperazine rings is 1. The highest BCUT2D eigenvalue weighted by molar-refractivity contribution is 7.16. The molecule has 0 spiro atoms. The molecule has 1 aliphatic heterocycles. The Kier molecular flexibility index (Phi) is 7.04. The average molecular weight is 429 g/mol. The van der Waals surface area contributed by atoms with Crippen molar-refractivity contribution < 1.29 is 23.0 Å². The molecular formula is C16H17Cl2F3N2O2S. The van der Waals surface area contributed by atoms with Gasteiger partial charge in [0.2, 0.25) is 0 Å². The molecule has 2 aromatic rings. The summed E-state index contributed by atoms with van der Waals surface area (Å²) in [7, 11) is 0. The Morgan fingerprint density at radius 1 is 1.19 bits per heavy atom. The molecule has 1 aromatic heterocycles. The maximum Gasteiger partial charge on any atom is 0.573 e. The van der Waals surface area contributed by atoms with Crippen molar-refractivity contribution in [2.75, 3.05) is 26.2 Å². The van der Waals surface area contributed by atoms with Gasteiger partial charge in [-0.1, -0.05) is 11.6 Å². The Balaban J connectivity index is 0.00000243. The number of nitrogens with one attached hydrogen (secondary N) is 1. The maximum absolute atomic E-state index is 12.5. The number of phenolic OH excluding ortho intramolecular Hbond substituents is 1. The number of nitrogens with zero attached hydrogens (tertiary/aromatic N) is 1. The number of alkyl halides is 3. The van der Waals surface area contributed by atoms with E-state index in [-0.39, 0.29) is 23.9 Å². The van der Waals surface area contributed by atoms with Crippen molar-refractivity contribution in [1.82, 2.24) is 10.2 Å². The molecule has 0 radical (unpaired) electrons. The number of hydrogen-bond donors (Lipinski definition) is 2. The van der Waals surface area contributed by atoms with E-state index in [9.17, 15) is 18.3 Å². The van der Waals surface area contributed by atoms with Gasteiger partial charge in [0.25, 0.3) is 0 Å². The van der Waals surface area contributed by atoms with Crippen LogP contribution in [0.1, 0.15) is 16.5 Å². The average Bonchev–Trinajstić information content (AvgIpc) is 2.96. The first-order valence-electron chi connectivity index (χ1n) is 7.62. The summed E-state index contributed by atoms with van der Waals surface area (Å²) in [6.45, 7) is 2.91. The zero-order valence-corrected chi connectivity index (χ0v) is 15.8. The van der Waals surface area contributed by atoms with Crippen molar-refractivity contribution in [3.63, 3.8) is 0 Å². The molecule has 0 amide bonds. The minimum Gasteiger partial charge on any atom is -0.508 e. The van der Waals surface area contributed by atoms with Crippen molar-refractivity contribution in [2.45, 2.75) is 12.4 Å². The van der Waals surface area contributed by atoms with Crippen LogP contribution in [0.5, 0.6) is 11.5 Å². The second-order valence-electron chi connectivity index (χ2n) is 5.60. The molecule has 4 nitrogen and oxygen atoms in total. The smallest absolute Gasteiger partial charge is 0.508 e. The van der Waals surface area contributed by atoms with Gasteiger partial charge >= 0.3 is 6.36 Å². The van der Waals surface area contributed by atoms with Gasteiger partial charge in [-0.15, -0.1) is 36.9 Å². The van der Waals surface area contributed by atoms with Crippen LogP contribution in [0, 0.1) is 0 Å². The van der Waals surface area contributed by atoms with Crippen molar-refractivity contribution in [3.8, 4) is 11.5 Å². The highest BCUT2D eigenvalue weighted by Crippen LogP contribution is 2.40. The van der Waals surface area contributed by atoms with Crippen molar-refractivity contribution in [1.29, 1.82) is 0 Å². The van der Waals surface area contributed by atoms with Crippen LogP contribution >= 0.6 is 35.3 Å². The second kappa shape index (κ2) is 8.67. The predicted octanol–water partition coefficient (Wildman–Crippen LogP) is 4.42. The van der Waals surface area contributed by atoms with Gasteiger partial charge in [-0.2, -0.15) is 0 Å². The molecule has 1 saturated heterocycles. The van der Waals surface area contributed by atoms with E-state index < -0.39 is 12.4 Å². The van der Waals surface area contributed by atoms with Crippen molar-refractivity contribution in [2.24, 2.45) is 0 Å². The number of rotatable bonds is 4. The van der Waals surface area contributed by atoms with Gasteiger partial charge in [-0.3, -0.25) is 4.90 Å². The molecule has 2 N–H and O–H groups in total. The summed E-state index contributed by atoms with van der Waals surface area (Å²) in [6.07, 6.45) is -4.79. The van der Waals surface area contributed by atoms with Crippen LogP contribution < -0.4 is 10.1 Å². The van der Waals surface area contributed by atoms with Crippen LogP contribution in [0.25, 0.3) is 0 Å². The molecular weight excluding hydrogens is 412 g/mol. The lowest BCUT2D eigenvalue weighted by molar-refractivity contribution is -0.274. The molecule has 144 valence electrons. The predicted molar refractivity (Wildman–Crippen MR) is 97.7 cm³/mol. The van der Waals surface area contributed by atoms with E-state index in [2.05, 4.69) is 15.0 Å². The van der Waals surface area contributed by atoms with Gasteiger partial charge in [0.15, 0.2) is 0 Å². The van der Waals surface area contributed by atoms with Crippen molar-refractivity contribution >= 4 is 35.3 Å². The Bertz CT molecular complexity index is 737. The first kappa shape index (κ1) is 21.1. The largest absolute Gasteiger partial charge is 0.573 e. The summed E-state index contributed by atoms with van der Waals surface area (Å²) in [5.41, 5.74) is 0.363. The van der Waals surface area contributed by atoms with Crippen LogP contribution in [-0.4, -0.2) is 42.5 Å². The number of thiophene rings is 1. The quantitative estimate of drug-likeness (QED) is 0.756. The molecule has 26 heavy (non-hydrogen) atoms. The van der Waals surface area contributed by atoms with E-state index in [4.69, 9.17) is 11.6 Å². The fourth-order valence-corrected chi connectivity index (χ4v) is 4.11. The molecule has 0 unspecified atom stereocenters. The minimum absolute atomic E-state index is 0. The molecule has 3 rings (SSSR count). The van der Waals surface area contributed by atoms with Gasteiger partial charge in [0, 0.05) is 36.6 Å². The molecule has 0 bridgehead atoms. The van der Waals surface area contributed by atoms with Crippen molar-refractivity contribution in [3.05, 3.63) is 45.1 Å². The van der Waals surface area contributed by atoms with Crippen LogP contribution in [0.15, 0.2) is 30.3 Å². The van der Waals surface area contributed by atoms with Crippen LogP contribution in [0.3, 0.4) is 0 Å². The Morgan fingerprint density at radius 2 is 1.88 bits per heavy atom. The first-order valence-corrected chi connectivity index (χ1v) is 8.81. The number of phenols is 1. The van der Waals surface area contributed by atoms with Crippen LogP contribution in [-0.2, 0) is 0 Å². The monoisotopic (exact) mass is 428 g/mol. The highest BCUT2D eigenvalue weighted by atomic mass is 35.5. The molecule has 1 atom stereocenters. The second-order valence-corrected chi connectivity index (χ2v) is 7.35. The Hall–Kier alpha value is -1.19. The zero-order valence-electron chi connectivity index (χ0n) is 13.4. The molecule has 10 heteroatoms. The third-order valence-electron chi connectivity index (χ3n) is 3.91. The fourth-order valence-electron chi connectivity index (χ4n) is 2.89. The van der Waals surface area contributed by atoms with Crippen LogP contribution in [0.2, 0.25) is 4.34 Å². The summed E-state index contributed by atoms with van der Waals surface area (Å²) < 4.78 is 42.2. The molecule has 1 aromatic carbocycles. The van der Waals surface area contributed by atoms with Crippen LogP contribution in [0.4, 0.5) is 13.2 Å². The standard InChI is InChI=1S/C16H16ClF3N2O2S.ClH/c17-14-4-3-13(25-14)15(22-7-5-21-6-8-22)11-9-10(1-2-12(11)23)24-16(18,19)20;/h1-4,9,15,21,23H,5-8H2;1H/t15-;/m0./s1. The van der Waals surface area contributed by atoms with Gasteiger partial charge in [0.05, 0.1) is 10.4 Å². The highest BCUT2D eigenvalue weighted by Gasteiger charge is 2.33. The minimum atomic E-state index is -4.79. The van der Waals surface area contributed by atoms with Gasteiger partial charge < -0.3 is 15.2 Å². The third-order valence-corrected chi connectivity index (χ3v) is 5.19. The lowest BCUT2D eigenvalue weighted by atomic mass is 10.0. The molecule has 0 saturated carbocycles. The summed E-state index contributed by atoms with van der Waals surface area (Å²) >= 11 is 7.38. The Morgan fingerprint density at radius 3 is 2.46 bits per heavy atom. The first-order chi connectivity index (χ1) is 11.8. The maximum atomic E-state index is 12.5. The summed E-state index contributed by atoms with van der Waals surface area (Å²) in [4.78, 5) is 2.96. The zero-order chi connectivity index (χ0) is 18.0. The lowest BCUT2D eigenvalue weighted by Gasteiger charge is -2.35. The number of hydrogen-bond acceptors (Lipinski definition) is 5. The number of benzene rings is 1. The summed E-state index contributed by atoms with van der Waals surface area (Å²) in [5, 5.41) is 13.5. The Labute approximate surface area is 163 Å². The van der Waals surface area contributed by atoms with E-state index in [1.807, 2.05) is 6.07 Å². The SMILES string of the molecule is Cl.Oc1ccc(OC(F)(F)F)cc1[C@@H](c1ccc(Cl)s1)N1CCNCC1. The van der Waals surface area contributed by atoms with E-state index in [1.165, 1.54) is 23.5 Å². The summed E-state index contributed by atoms with van der Waals surface area (Å²) in [5.74, 6) is -0.439. The van der Waals surface area contributed by atoms with Gasteiger partial charge in [-0.25, -0.2) is 0 Å². The van der Waals surface area contributed by atoms with Gasteiger partial charge in [-0.05, 0) is 30.3 Å². The van der Waals surface area contributed by atoms with E-state index in [0.29, 0.717) is 23.0 Å².